The first-order valence-electron chi connectivity index (χ1n) is 7.21. The van der Waals surface area contributed by atoms with Crippen molar-refractivity contribution >= 4 is 17.7 Å². The lowest BCUT2D eigenvalue weighted by Gasteiger charge is -2.14. The largest absolute Gasteiger partial charge is 0.391 e. The molecule has 1 aromatic carbocycles. The van der Waals surface area contributed by atoms with E-state index in [9.17, 15) is 14.4 Å². The molecule has 1 aromatic rings. The molecule has 0 radical (unpaired) electrons. The van der Waals surface area contributed by atoms with Gasteiger partial charge < -0.3 is 10.1 Å². The smallest absolute Gasteiger partial charge is 0.330 e. The van der Waals surface area contributed by atoms with Gasteiger partial charge in [-0.1, -0.05) is 37.3 Å². The summed E-state index contributed by atoms with van der Waals surface area (Å²) in [5.74, 6) is -2.59. The standard InChI is InChI=1S/C16H19NO4/c1-2-12(14(18)11-7-4-3-5-8-11)15(19)21-16(20)13-9-6-10-17-13/h3-5,7-8,12-13,17H,2,6,9-10H2,1H3/t12?,13-/m0/s1. The van der Waals surface area contributed by atoms with Gasteiger partial charge in [0.2, 0.25) is 0 Å². The molecule has 2 rings (SSSR count). The maximum Gasteiger partial charge on any atom is 0.330 e. The molecule has 112 valence electrons. The Morgan fingerprint density at radius 2 is 2.00 bits per heavy atom. The maximum atomic E-state index is 12.3. The van der Waals surface area contributed by atoms with Gasteiger partial charge in [-0.3, -0.25) is 9.59 Å². The minimum atomic E-state index is -0.933. The quantitative estimate of drug-likeness (QED) is 0.507. The number of hydrogen-bond acceptors (Lipinski definition) is 5. The molecule has 5 heteroatoms. The van der Waals surface area contributed by atoms with E-state index < -0.39 is 23.9 Å². The van der Waals surface area contributed by atoms with Crippen LogP contribution in [-0.4, -0.2) is 30.3 Å². The van der Waals surface area contributed by atoms with Crippen LogP contribution in [0.5, 0.6) is 0 Å². The van der Waals surface area contributed by atoms with Gasteiger partial charge in [0.1, 0.15) is 12.0 Å². The first-order chi connectivity index (χ1) is 10.1. The summed E-state index contributed by atoms with van der Waals surface area (Å²) in [4.78, 5) is 36.2. The fourth-order valence-electron chi connectivity index (χ4n) is 2.39. The normalized spacial score (nSPS) is 19.0. The molecule has 1 heterocycles. The average Bonchev–Trinajstić information content (AvgIpc) is 3.03. The Labute approximate surface area is 123 Å². The zero-order chi connectivity index (χ0) is 15.2. The number of nitrogens with one attached hydrogen (secondary N) is 1. The predicted octanol–water partition coefficient (Wildman–Crippen LogP) is 1.72. The van der Waals surface area contributed by atoms with Crippen LogP contribution in [0.25, 0.3) is 0 Å². The highest BCUT2D eigenvalue weighted by Gasteiger charge is 2.32. The molecule has 1 saturated heterocycles. The molecule has 5 nitrogen and oxygen atoms in total. The maximum absolute atomic E-state index is 12.3. The van der Waals surface area contributed by atoms with Gasteiger partial charge in [-0.05, 0) is 25.8 Å². The Kier molecular flexibility index (Phi) is 5.22. The van der Waals surface area contributed by atoms with Crippen LogP contribution in [0.3, 0.4) is 0 Å². The van der Waals surface area contributed by atoms with Crippen LogP contribution in [0, 0.1) is 5.92 Å². The van der Waals surface area contributed by atoms with Crippen molar-refractivity contribution in [3.8, 4) is 0 Å². The number of carbonyl (C=O) groups is 3. The van der Waals surface area contributed by atoms with Crippen LogP contribution >= 0.6 is 0 Å². The molecule has 1 N–H and O–H groups in total. The zero-order valence-corrected chi connectivity index (χ0v) is 12.0. The molecule has 0 spiro atoms. The lowest BCUT2D eigenvalue weighted by Crippen LogP contribution is -2.36. The second-order valence-electron chi connectivity index (χ2n) is 5.08. The average molecular weight is 289 g/mol. The van der Waals surface area contributed by atoms with Crippen molar-refractivity contribution in [2.75, 3.05) is 6.54 Å². The number of ether oxygens (including phenoxy) is 1. The van der Waals surface area contributed by atoms with Gasteiger partial charge in [-0.25, -0.2) is 4.79 Å². The molecule has 0 bridgehead atoms. The number of esters is 2. The Morgan fingerprint density at radius 3 is 2.57 bits per heavy atom. The first kappa shape index (κ1) is 15.4. The van der Waals surface area contributed by atoms with Crippen molar-refractivity contribution < 1.29 is 19.1 Å². The van der Waals surface area contributed by atoms with Crippen LogP contribution < -0.4 is 5.32 Å². The van der Waals surface area contributed by atoms with Crippen LogP contribution in [0.2, 0.25) is 0 Å². The van der Waals surface area contributed by atoms with Crippen molar-refractivity contribution in [1.82, 2.24) is 5.32 Å². The molecule has 0 amide bonds. The molecule has 1 aliphatic heterocycles. The van der Waals surface area contributed by atoms with Gasteiger partial charge in [0, 0.05) is 5.56 Å². The highest BCUT2D eigenvalue weighted by atomic mass is 16.6. The van der Waals surface area contributed by atoms with Crippen molar-refractivity contribution in [1.29, 1.82) is 0 Å². The van der Waals surface area contributed by atoms with Crippen LogP contribution in [-0.2, 0) is 14.3 Å². The summed E-state index contributed by atoms with van der Waals surface area (Å²) in [6.45, 7) is 2.47. The van der Waals surface area contributed by atoms with Crippen LogP contribution in [0.15, 0.2) is 30.3 Å². The van der Waals surface area contributed by atoms with Crippen LogP contribution in [0.4, 0.5) is 0 Å². The Bertz CT molecular complexity index is 520. The molecular formula is C16H19NO4. The fraction of sp³-hybridized carbons (Fsp3) is 0.438. The van der Waals surface area contributed by atoms with Crippen LogP contribution in [0.1, 0.15) is 36.5 Å². The van der Waals surface area contributed by atoms with E-state index in [1.165, 1.54) is 0 Å². The van der Waals surface area contributed by atoms with E-state index in [1.54, 1.807) is 37.3 Å². The number of hydrogen-bond donors (Lipinski definition) is 1. The van der Waals surface area contributed by atoms with Crippen molar-refractivity contribution in [2.45, 2.75) is 32.2 Å². The Hall–Kier alpha value is -2.01. The van der Waals surface area contributed by atoms with E-state index in [0.717, 1.165) is 13.0 Å². The molecule has 0 aromatic heterocycles. The minimum absolute atomic E-state index is 0.304. The number of carbonyl (C=O) groups excluding carboxylic acids is 3. The van der Waals surface area contributed by atoms with Gasteiger partial charge in [0.15, 0.2) is 5.78 Å². The molecule has 2 atom stereocenters. The number of ketones is 1. The number of benzene rings is 1. The summed E-state index contributed by atoms with van der Waals surface area (Å²) < 4.78 is 4.87. The van der Waals surface area contributed by atoms with E-state index >= 15 is 0 Å². The van der Waals surface area contributed by atoms with E-state index in [0.29, 0.717) is 18.4 Å². The highest BCUT2D eigenvalue weighted by Crippen LogP contribution is 2.15. The summed E-state index contributed by atoms with van der Waals surface area (Å²) in [6.07, 6.45) is 1.85. The topological polar surface area (TPSA) is 72.5 Å². The number of Topliss-reactive ketones (excluding diaryl/α,β-unsaturated/α-hetero) is 1. The van der Waals surface area contributed by atoms with E-state index in [4.69, 9.17) is 4.74 Å². The monoisotopic (exact) mass is 289 g/mol. The third-order valence-corrected chi connectivity index (χ3v) is 3.61. The summed E-state index contributed by atoms with van der Waals surface area (Å²) in [5, 5.41) is 2.97. The zero-order valence-electron chi connectivity index (χ0n) is 12.0. The molecule has 0 saturated carbocycles. The van der Waals surface area contributed by atoms with E-state index in [1.807, 2.05) is 0 Å². The lowest BCUT2D eigenvalue weighted by atomic mass is 9.95. The second-order valence-corrected chi connectivity index (χ2v) is 5.08. The first-order valence-corrected chi connectivity index (χ1v) is 7.21. The number of rotatable bonds is 5. The summed E-state index contributed by atoms with van der Waals surface area (Å²) in [5.41, 5.74) is 0.452. The summed E-state index contributed by atoms with van der Waals surface area (Å²) >= 11 is 0. The van der Waals surface area contributed by atoms with Crippen molar-refractivity contribution in [3.63, 3.8) is 0 Å². The Balaban J connectivity index is 2.01. The van der Waals surface area contributed by atoms with Gasteiger partial charge in [0.25, 0.3) is 0 Å². The molecule has 21 heavy (non-hydrogen) atoms. The highest BCUT2D eigenvalue weighted by molar-refractivity contribution is 6.10. The lowest BCUT2D eigenvalue weighted by molar-refractivity contribution is -0.162. The third kappa shape index (κ3) is 3.76. The summed E-state index contributed by atoms with van der Waals surface area (Å²) in [6, 6.07) is 8.14. The minimum Gasteiger partial charge on any atom is -0.391 e. The summed E-state index contributed by atoms with van der Waals surface area (Å²) in [7, 11) is 0. The van der Waals surface area contributed by atoms with Gasteiger partial charge in [0.05, 0.1) is 0 Å². The van der Waals surface area contributed by atoms with Crippen molar-refractivity contribution in [2.24, 2.45) is 5.92 Å². The van der Waals surface area contributed by atoms with Gasteiger partial charge >= 0.3 is 11.9 Å². The van der Waals surface area contributed by atoms with E-state index in [-0.39, 0.29) is 5.78 Å². The van der Waals surface area contributed by atoms with Gasteiger partial charge in [-0.2, -0.15) is 0 Å². The second kappa shape index (κ2) is 7.13. The molecule has 1 unspecified atom stereocenters. The SMILES string of the molecule is CCC(C(=O)OC(=O)[C@@H]1CCCN1)C(=O)c1ccccc1. The Morgan fingerprint density at radius 1 is 1.29 bits per heavy atom. The van der Waals surface area contributed by atoms with E-state index in [2.05, 4.69) is 5.32 Å². The van der Waals surface area contributed by atoms with Gasteiger partial charge in [-0.15, -0.1) is 0 Å². The molecular weight excluding hydrogens is 270 g/mol. The molecule has 1 aliphatic rings. The fourth-order valence-corrected chi connectivity index (χ4v) is 2.39. The molecule has 1 fully saturated rings. The molecule has 0 aliphatic carbocycles. The third-order valence-electron chi connectivity index (χ3n) is 3.61. The predicted molar refractivity (Wildman–Crippen MR) is 76.7 cm³/mol. The van der Waals surface area contributed by atoms with Crippen molar-refractivity contribution in [3.05, 3.63) is 35.9 Å².